The number of hydrogen-bond acceptors (Lipinski definition) is 4. The number of aromatic nitrogens is 1. The molecule has 1 heterocycles. The van der Waals surface area contributed by atoms with Gasteiger partial charge in [-0.25, -0.2) is 22.2 Å². The fourth-order valence-electron chi connectivity index (χ4n) is 1.77. The Morgan fingerprint density at radius 1 is 1.10 bits per heavy atom. The average molecular weight is 326 g/mol. The Bertz CT molecular complexity index is 890. The molecule has 0 saturated carbocycles. The first-order valence-electron chi connectivity index (χ1n) is 5.79. The van der Waals surface area contributed by atoms with Gasteiger partial charge in [-0.15, -0.1) is 0 Å². The van der Waals surface area contributed by atoms with Crippen LogP contribution in [0.25, 0.3) is 10.2 Å². The summed E-state index contributed by atoms with van der Waals surface area (Å²) in [6.45, 7) is 0. The van der Waals surface area contributed by atoms with E-state index in [1.165, 1.54) is 0 Å². The van der Waals surface area contributed by atoms with Crippen molar-refractivity contribution in [3.63, 3.8) is 0 Å². The fourth-order valence-corrected chi connectivity index (χ4v) is 3.96. The topological polar surface area (TPSA) is 59.1 Å². The van der Waals surface area contributed by atoms with Crippen LogP contribution in [-0.4, -0.2) is 13.4 Å². The van der Waals surface area contributed by atoms with Crippen LogP contribution in [0.15, 0.2) is 47.4 Å². The second kappa shape index (κ2) is 5.05. The van der Waals surface area contributed by atoms with Gasteiger partial charge in [0.1, 0.15) is 16.5 Å². The zero-order valence-corrected chi connectivity index (χ0v) is 12.0. The van der Waals surface area contributed by atoms with E-state index < -0.39 is 26.6 Å². The second-order valence-corrected chi connectivity index (χ2v) is 6.85. The summed E-state index contributed by atoms with van der Waals surface area (Å²) in [6.07, 6.45) is 0. The normalized spacial score (nSPS) is 11.7. The summed E-state index contributed by atoms with van der Waals surface area (Å²) < 4.78 is 53.8. The number of rotatable bonds is 3. The lowest BCUT2D eigenvalue weighted by Crippen LogP contribution is -2.14. The van der Waals surface area contributed by atoms with Crippen LogP contribution < -0.4 is 4.72 Å². The highest BCUT2D eigenvalue weighted by atomic mass is 32.2. The van der Waals surface area contributed by atoms with Crippen molar-refractivity contribution in [1.29, 1.82) is 0 Å². The van der Waals surface area contributed by atoms with Crippen molar-refractivity contribution in [2.45, 2.75) is 4.90 Å². The molecule has 1 aromatic heterocycles. The molecule has 0 saturated heterocycles. The number of sulfonamides is 1. The van der Waals surface area contributed by atoms with Gasteiger partial charge < -0.3 is 0 Å². The first-order chi connectivity index (χ1) is 9.95. The van der Waals surface area contributed by atoms with E-state index in [0.29, 0.717) is 11.6 Å². The van der Waals surface area contributed by atoms with E-state index in [-0.39, 0.29) is 5.13 Å². The minimum absolute atomic E-state index is 0.0971. The maximum atomic E-state index is 13.6. The smallest absolute Gasteiger partial charge is 0.255 e. The molecule has 0 fully saturated rings. The monoisotopic (exact) mass is 326 g/mol. The number of fused-ring (bicyclic) bond motifs is 1. The van der Waals surface area contributed by atoms with Crippen LogP contribution in [0.4, 0.5) is 13.9 Å². The van der Waals surface area contributed by atoms with Gasteiger partial charge in [-0.05, 0) is 30.3 Å². The van der Waals surface area contributed by atoms with E-state index in [9.17, 15) is 17.2 Å². The van der Waals surface area contributed by atoms with Gasteiger partial charge in [0.05, 0.1) is 10.2 Å². The number of hydrogen-bond donors (Lipinski definition) is 1. The Labute approximate surface area is 123 Å². The van der Waals surface area contributed by atoms with Crippen molar-refractivity contribution in [2.75, 3.05) is 4.72 Å². The number of nitrogens with zero attached hydrogens (tertiary/aromatic N) is 1. The predicted octanol–water partition coefficient (Wildman–Crippen LogP) is 3.38. The number of thiazole rings is 1. The van der Waals surface area contributed by atoms with Crippen molar-refractivity contribution in [3.05, 3.63) is 54.1 Å². The minimum Gasteiger partial charge on any atom is -0.255 e. The Hall–Kier alpha value is -2.06. The number of nitrogens with one attached hydrogen (secondary N) is 1. The molecule has 0 aliphatic heterocycles. The van der Waals surface area contributed by atoms with Crippen LogP contribution in [-0.2, 0) is 10.0 Å². The molecule has 8 heteroatoms. The van der Waals surface area contributed by atoms with Crippen LogP contribution in [0.5, 0.6) is 0 Å². The minimum atomic E-state index is -4.23. The molecular formula is C13H8F2N2O2S2. The lowest BCUT2D eigenvalue weighted by Gasteiger charge is -2.06. The molecule has 0 amide bonds. The van der Waals surface area contributed by atoms with Gasteiger partial charge in [0, 0.05) is 0 Å². The molecule has 1 N–H and O–H groups in total. The number of benzene rings is 2. The highest BCUT2D eigenvalue weighted by Gasteiger charge is 2.21. The van der Waals surface area contributed by atoms with E-state index in [0.717, 1.165) is 28.2 Å². The molecule has 0 radical (unpaired) electrons. The van der Waals surface area contributed by atoms with Crippen molar-refractivity contribution in [3.8, 4) is 0 Å². The van der Waals surface area contributed by atoms with Crippen molar-refractivity contribution in [2.24, 2.45) is 0 Å². The summed E-state index contributed by atoms with van der Waals surface area (Å²) in [4.78, 5) is 3.34. The van der Waals surface area contributed by atoms with E-state index in [1.807, 2.05) is 0 Å². The van der Waals surface area contributed by atoms with Crippen LogP contribution in [0.3, 0.4) is 0 Å². The summed E-state index contributed by atoms with van der Waals surface area (Å²) in [6, 6.07) is 9.33. The zero-order chi connectivity index (χ0) is 15.0. The summed E-state index contributed by atoms with van der Waals surface area (Å²) in [5.41, 5.74) is 0.625. The maximum absolute atomic E-state index is 13.6. The molecule has 0 aliphatic carbocycles. The lowest BCUT2D eigenvalue weighted by atomic mass is 10.3. The average Bonchev–Trinajstić information content (AvgIpc) is 2.82. The largest absolute Gasteiger partial charge is 0.266 e. The third-order valence-corrected chi connectivity index (χ3v) is 5.13. The lowest BCUT2D eigenvalue weighted by molar-refractivity contribution is 0.555. The maximum Gasteiger partial charge on any atom is 0.266 e. The molecule has 0 aliphatic rings. The molecule has 4 nitrogen and oxygen atoms in total. The fraction of sp³-hybridized carbons (Fsp3) is 0. The van der Waals surface area contributed by atoms with Crippen molar-refractivity contribution in [1.82, 2.24) is 4.98 Å². The highest BCUT2D eigenvalue weighted by Crippen LogP contribution is 2.28. The third-order valence-electron chi connectivity index (χ3n) is 2.70. The molecule has 3 rings (SSSR count). The van der Waals surface area contributed by atoms with E-state index in [4.69, 9.17) is 0 Å². The van der Waals surface area contributed by atoms with Crippen LogP contribution >= 0.6 is 11.3 Å². The summed E-state index contributed by atoms with van der Waals surface area (Å²) in [5.74, 6) is -1.86. The molecule has 0 bridgehead atoms. The Kier molecular flexibility index (Phi) is 3.34. The van der Waals surface area contributed by atoms with Crippen LogP contribution in [0, 0.1) is 11.6 Å². The van der Waals surface area contributed by atoms with Gasteiger partial charge in [0.25, 0.3) is 10.0 Å². The van der Waals surface area contributed by atoms with Crippen LogP contribution in [0.1, 0.15) is 0 Å². The standard InChI is InChI=1S/C13H8F2N2O2S2/c14-8-5-6-9(15)12(7-8)21(18,19)17-13-16-10-3-1-2-4-11(10)20-13/h1-7H,(H,16,17). The van der Waals surface area contributed by atoms with E-state index >= 15 is 0 Å². The predicted molar refractivity (Wildman–Crippen MR) is 76.8 cm³/mol. The van der Waals surface area contributed by atoms with Crippen molar-refractivity contribution >= 4 is 36.7 Å². The summed E-state index contributed by atoms with van der Waals surface area (Å²) in [5, 5.41) is 0.0971. The molecule has 0 unspecified atom stereocenters. The van der Waals surface area contributed by atoms with E-state index in [1.54, 1.807) is 24.3 Å². The van der Waals surface area contributed by atoms with E-state index in [2.05, 4.69) is 9.71 Å². The Balaban J connectivity index is 2.01. The number of anilines is 1. The second-order valence-electron chi connectivity index (χ2n) is 4.17. The Morgan fingerprint density at radius 3 is 2.62 bits per heavy atom. The van der Waals surface area contributed by atoms with Gasteiger partial charge in [-0.2, -0.15) is 0 Å². The summed E-state index contributed by atoms with van der Waals surface area (Å²) in [7, 11) is -4.23. The number of halogens is 2. The quantitative estimate of drug-likeness (QED) is 0.803. The molecule has 0 spiro atoms. The van der Waals surface area contributed by atoms with Crippen molar-refractivity contribution < 1.29 is 17.2 Å². The zero-order valence-electron chi connectivity index (χ0n) is 10.4. The first-order valence-corrected chi connectivity index (χ1v) is 8.09. The molecular weight excluding hydrogens is 318 g/mol. The summed E-state index contributed by atoms with van der Waals surface area (Å²) >= 11 is 1.11. The van der Waals surface area contributed by atoms with Gasteiger partial charge in [0.15, 0.2) is 5.13 Å². The molecule has 3 aromatic rings. The Morgan fingerprint density at radius 2 is 1.86 bits per heavy atom. The van der Waals surface area contributed by atoms with Crippen LogP contribution in [0.2, 0.25) is 0 Å². The molecule has 2 aromatic carbocycles. The SMILES string of the molecule is O=S(=O)(Nc1nc2ccccc2s1)c1cc(F)ccc1F. The number of para-hydroxylation sites is 1. The van der Waals surface area contributed by atoms with Gasteiger partial charge in [-0.3, -0.25) is 4.72 Å². The van der Waals surface area contributed by atoms with Gasteiger partial charge in [-0.1, -0.05) is 23.5 Å². The third kappa shape index (κ3) is 2.72. The highest BCUT2D eigenvalue weighted by molar-refractivity contribution is 7.93. The van der Waals surface area contributed by atoms with Gasteiger partial charge >= 0.3 is 0 Å². The molecule has 0 atom stereocenters. The van der Waals surface area contributed by atoms with Gasteiger partial charge in [0.2, 0.25) is 0 Å². The molecule has 21 heavy (non-hydrogen) atoms. The molecule has 108 valence electrons. The first kappa shape index (κ1) is 13.9.